The molecule has 1 N–H and O–H groups in total. The zero-order valence-corrected chi connectivity index (χ0v) is 16.7. The average Bonchev–Trinajstić information content (AvgIpc) is 3.21. The summed E-state index contributed by atoms with van der Waals surface area (Å²) in [5.41, 5.74) is 3.89. The summed E-state index contributed by atoms with van der Waals surface area (Å²) in [5, 5.41) is 7.93. The van der Waals surface area contributed by atoms with Crippen molar-refractivity contribution in [1.82, 2.24) is 15.2 Å². The number of aromatic nitrogens is 3. The fourth-order valence-electron chi connectivity index (χ4n) is 3.68. The maximum Gasteiger partial charge on any atom is 0.280 e. The highest BCUT2D eigenvalue weighted by Crippen LogP contribution is 2.44. The van der Waals surface area contributed by atoms with E-state index in [0.29, 0.717) is 16.6 Å². The van der Waals surface area contributed by atoms with Gasteiger partial charge in [0.1, 0.15) is 5.75 Å². The van der Waals surface area contributed by atoms with E-state index in [-0.39, 0.29) is 11.9 Å². The van der Waals surface area contributed by atoms with Crippen molar-refractivity contribution >= 4 is 23.2 Å². The third-order valence-corrected chi connectivity index (χ3v) is 5.21. The molecule has 0 spiro atoms. The number of amides is 1. The van der Waals surface area contributed by atoms with Crippen molar-refractivity contribution < 1.29 is 9.53 Å². The first kappa shape index (κ1) is 18.5. The molecule has 6 nitrogen and oxygen atoms in total. The Morgan fingerprint density at radius 1 is 1.25 bits per heavy atom. The fraction of sp³-hybridized carbons (Fsp3) is 0.286. The van der Waals surface area contributed by atoms with Gasteiger partial charge in [-0.05, 0) is 42.7 Å². The highest BCUT2D eigenvalue weighted by molar-refractivity contribution is 6.31. The van der Waals surface area contributed by atoms with Gasteiger partial charge >= 0.3 is 0 Å². The third-order valence-electron chi connectivity index (χ3n) is 4.90. The molecule has 1 atom stereocenters. The molecular formula is C21H21ClN4O2. The number of halogens is 1. The molecule has 144 valence electrons. The third kappa shape index (κ3) is 3.03. The van der Waals surface area contributed by atoms with Gasteiger partial charge < -0.3 is 4.74 Å². The molecule has 1 aromatic carbocycles. The molecule has 3 aromatic rings. The van der Waals surface area contributed by atoms with Crippen LogP contribution in [0.3, 0.4) is 0 Å². The number of fused-ring (bicyclic) bond motifs is 1. The molecule has 0 aliphatic carbocycles. The van der Waals surface area contributed by atoms with Crippen molar-refractivity contribution in [1.29, 1.82) is 0 Å². The van der Waals surface area contributed by atoms with E-state index in [1.807, 2.05) is 30.3 Å². The van der Waals surface area contributed by atoms with E-state index < -0.39 is 0 Å². The molecule has 1 aliphatic rings. The largest absolute Gasteiger partial charge is 0.497 e. The van der Waals surface area contributed by atoms with Crippen LogP contribution in [0.1, 0.15) is 47.2 Å². The van der Waals surface area contributed by atoms with Crippen LogP contribution in [-0.2, 0) is 6.42 Å². The normalized spacial score (nSPS) is 16.0. The van der Waals surface area contributed by atoms with Gasteiger partial charge in [-0.1, -0.05) is 25.4 Å². The van der Waals surface area contributed by atoms with Gasteiger partial charge in [0.25, 0.3) is 5.91 Å². The molecule has 3 heterocycles. The summed E-state index contributed by atoms with van der Waals surface area (Å²) in [7, 11) is 1.61. The zero-order valence-electron chi connectivity index (χ0n) is 15.9. The number of anilines is 1. The molecule has 0 radical (unpaired) electrons. The Labute approximate surface area is 168 Å². The average molecular weight is 397 g/mol. The fourth-order valence-corrected chi connectivity index (χ4v) is 3.90. The second-order valence-corrected chi connectivity index (χ2v) is 7.64. The van der Waals surface area contributed by atoms with Crippen LogP contribution in [0.15, 0.2) is 42.7 Å². The lowest BCUT2D eigenvalue weighted by Gasteiger charge is -2.27. The van der Waals surface area contributed by atoms with E-state index in [9.17, 15) is 4.79 Å². The second kappa shape index (κ2) is 7.28. The Morgan fingerprint density at radius 2 is 2.00 bits per heavy atom. The predicted molar refractivity (Wildman–Crippen MR) is 108 cm³/mol. The molecule has 4 rings (SSSR count). The van der Waals surface area contributed by atoms with E-state index in [2.05, 4.69) is 29.0 Å². The van der Waals surface area contributed by atoms with Crippen LogP contribution in [0.2, 0.25) is 5.02 Å². The molecule has 28 heavy (non-hydrogen) atoms. The molecule has 0 saturated carbocycles. The SMILES string of the molecule is COc1ccc(N2C(=O)c3n[nH]c(CC(C)C)c3C2c2ccncc2Cl)cc1. The lowest BCUT2D eigenvalue weighted by atomic mass is 9.96. The van der Waals surface area contributed by atoms with E-state index in [1.54, 1.807) is 24.4 Å². The van der Waals surface area contributed by atoms with Gasteiger partial charge in [0.05, 0.1) is 18.2 Å². The van der Waals surface area contributed by atoms with Gasteiger partial charge in [-0.25, -0.2) is 0 Å². The van der Waals surface area contributed by atoms with E-state index >= 15 is 0 Å². The molecule has 7 heteroatoms. The molecule has 1 unspecified atom stereocenters. The van der Waals surface area contributed by atoms with Gasteiger partial charge in [-0.15, -0.1) is 0 Å². The highest BCUT2D eigenvalue weighted by atomic mass is 35.5. The van der Waals surface area contributed by atoms with Crippen molar-refractivity contribution in [2.75, 3.05) is 12.0 Å². The van der Waals surface area contributed by atoms with E-state index in [4.69, 9.17) is 16.3 Å². The number of pyridine rings is 1. The standard InChI is InChI=1S/C21H21ClN4O2/c1-12(2)10-17-18-19(25-24-17)21(27)26(13-4-6-14(28-3)7-5-13)20(18)15-8-9-23-11-16(15)22/h4-9,11-12,20H,10H2,1-3H3,(H,24,25). The van der Waals surface area contributed by atoms with Crippen molar-refractivity contribution in [3.63, 3.8) is 0 Å². The monoisotopic (exact) mass is 396 g/mol. The Balaban J connectivity index is 1.88. The number of carbonyl (C=O) groups excluding carboxylic acids is 1. The van der Waals surface area contributed by atoms with E-state index in [1.165, 1.54) is 0 Å². The van der Waals surface area contributed by atoms with Crippen LogP contribution in [-0.4, -0.2) is 28.2 Å². The minimum atomic E-state index is -0.362. The highest BCUT2D eigenvalue weighted by Gasteiger charge is 2.43. The summed E-state index contributed by atoms with van der Waals surface area (Å²) in [6.45, 7) is 4.28. The quantitative estimate of drug-likeness (QED) is 0.693. The molecule has 0 fully saturated rings. The second-order valence-electron chi connectivity index (χ2n) is 7.24. The Morgan fingerprint density at radius 3 is 2.64 bits per heavy atom. The number of methoxy groups -OCH3 is 1. The summed E-state index contributed by atoms with van der Waals surface area (Å²) in [6.07, 6.45) is 4.09. The molecule has 1 amide bonds. The van der Waals surface area contributed by atoms with Crippen molar-refractivity contribution in [2.45, 2.75) is 26.3 Å². The number of H-pyrrole nitrogens is 1. The number of rotatable bonds is 5. The van der Waals surface area contributed by atoms with Crippen molar-refractivity contribution in [2.24, 2.45) is 5.92 Å². The number of aromatic amines is 1. The summed E-state index contributed by atoms with van der Waals surface area (Å²) >= 11 is 6.49. The Kier molecular flexibility index (Phi) is 4.81. The van der Waals surface area contributed by atoms with Crippen LogP contribution >= 0.6 is 11.6 Å². The molecule has 0 saturated heterocycles. The van der Waals surface area contributed by atoms with Crippen LogP contribution < -0.4 is 9.64 Å². The summed E-state index contributed by atoms with van der Waals surface area (Å²) in [6, 6.07) is 8.92. The van der Waals surface area contributed by atoms with Gasteiger partial charge in [0.15, 0.2) is 5.69 Å². The van der Waals surface area contributed by atoms with E-state index in [0.717, 1.165) is 34.7 Å². The summed E-state index contributed by atoms with van der Waals surface area (Å²) < 4.78 is 5.25. The van der Waals surface area contributed by atoms with Crippen molar-refractivity contribution in [3.8, 4) is 5.75 Å². The number of benzene rings is 1. The number of hydrogen-bond donors (Lipinski definition) is 1. The molecule has 2 aromatic heterocycles. The van der Waals surface area contributed by atoms with Gasteiger partial charge in [-0.3, -0.25) is 19.8 Å². The minimum Gasteiger partial charge on any atom is -0.497 e. The molecule has 0 bridgehead atoms. The lowest BCUT2D eigenvalue weighted by Crippen LogP contribution is -2.29. The number of carbonyl (C=O) groups is 1. The number of hydrogen-bond acceptors (Lipinski definition) is 4. The number of nitrogens with zero attached hydrogens (tertiary/aromatic N) is 3. The van der Waals surface area contributed by atoms with Gasteiger partial charge in [-0.2, -0.15) is 5.10 Å². The smallest absolute Gasteiger partial charge is 0.280 e. The lowest BCUT2D eigenvalue weighted by molar-refractivity contribution is 0.0988. The van der Waals surface area contributed by atoms with Crippen LogP contribution in [0.25, 0.3) is 0 Å². The first-order valence-electron chi connectivity index (χ1n) is 9.15. The van der Waals surface area contributed by atoms with Crippen molar-refractivity contribution in [3.05, 3.63) is 70.3 Å². The topological polar surface area (TPSA) is 71.1 Å². The predicted octanol–water partition coefficient (Wildman–Crippen LogP) is 4.42. The Hall–Kier alpha value is -2.86. The van der Waals surface area contributed by atoms with Gasteiger partial charge in [0, 0.05) is 34.9 Å². The first-order valence-corrected chi connectivity index (χ1v) is 9.53. The Bertz CT molecular complexity index is 1010. The molecular weight excluding hydrogens is 376 g/mol. The first-order chi connectivity index (χ1) is 13.5. The molecule has 1 aliphatic heterocycles. The zero-order chi connectivity index (χ0) is 19.8. The van der Waals surface area contributed by atoms with Crippen LogP contribution in [0.5, 0.6) is 5.75 Å². The minimum absolute atomic E-state index is 0.149. The van der Waals surface area contributed by atoms with Gasteiger partial charge in [0.2, 0.25) is 0 Å². The maximum absolute atomic E-state index is 13.3. The summed E-state index contributed by atoms with van der Waals surface area (Å²) in [4.78, 5) is 19.1. The maximum atomic E-state index is 13.3. The van der Waals surface area contributed by atoms with Crippen LogP contribution in [0.4, 0.5) is 5.69 Å². The van der Waals surface area contributed by atoms with Crippen LogP contribution in [0, 0.1) is 5.92 Å². The summed E-state index contributed by atoms with van der Waals surface area (Å²) in [5.74, 6) is 1.00. The number of nitrogens with one attached hydrogen (secondary N) is 1. The number of ether oxygens (including phenoxy) is 1.